The molecule has 5 rings (SSSR count). The van der Waals surface area contributed by atoms with Crippen molar-refractivity contribution in [2.24, 2.45) is 0 Å². The van der Waals surface area contributed by atoms with Crippen molar-refractivity contribution in [3.63, 3.8) is 0 Å². The zero-order chi connectivity index (χ0) is 29.7. The Morgan fingerprint density at radius 1 is 0.905 bits per heavy atom. The van der Waals surface area contributed by atoms with Gasteiger partial charge in [-0.3, -0.25) is 19.2 Å². The summed E-state index contributed by atoms with van der Waals surface area (Å²) in [5.41, 5.74) is 2.64. The van der Waals surface area contributed by atoms with Crippen molar-refractivity contribution in [1.29, 1.82) is 0 Å². The first-order chi connectivity index (χ1) is 20.3. The fourth-order valence-electron chi connectivity index (χ4n) is 5.72. The largest absolute Gasteiger partial charge is 0.340 e. The molecule has 0 aromatic heterocycles. The van der Waals surface area contributed by atoms with Crippen LogP contribution in [-0.2, 0) is 27.3 Å². The summed E-state index contributed by atoms with van der Waals surface area (Å²) < 4.78 is 0. The number of ketones is 1. The van der Waals surface area contributed by atoms with E-state index in [-0.39, 0.29) is 42.9 Å². The van der Waals surface area contributed by atoms with Crippen LogP contribution in [0.15, 0.2) is 72.8 Å². The van der Waals surface area contributed by atoms with Gasteiger partial charge in [0.25, 0.3) is 0 Å². The number of hydrogen-bond acceptors (Lipinski definition) is 5. The molecule has 0 bridgehead atoms. The van der Waals surface area contributed by atoms with E-state index >= 15 is 0 Å². The molecule has 1 atom stereocenters. The summed E-state index contributed by atoms with van der Waals surface area (Å²) in [5, 5.41) is 9.71. The van der Waals surface area contributed by atoms with Crippen LogP contribution in [0.3, 0.4) is 0 Å². The number of Topliss-reactive ketones (excluding diaryl/α,β-unsaturated/α-hetero) is 1. The van der Waals surface area contributed by atoms with Crippen molar-refractivity contribution < 1.29 is 19.2 Å². The van der Waals surface area contributed by atoms with Crippen LogP contribution in [0.4, 0.5) is 5.69 Å². The molecule has 3 aromatic rings. The average Bonchev–Trinajstić information content (AvgIpc) is 3.02. The van der Waals surface area contributed by atoms with E-state index in [0.717, 1.165) is 16.7 Å². The van der Waals surface area contributed by atoms with Crippen molar-refractivity contribution in [3.05, 3.63) is 100 Å². The molecule has 3 aromatic carbocycles. The molecule has 0 spiro atoms. The summed E-state index contributed by atoms with van der Waals surface area (Å²) in [6, 6.07) is 21.2. The number of amides is 3. The Hall–Kier alpha value is -4.01. The first-order valence-corrected chi connectivity index (χ1v) is 14.7. The molecular formula is C33H35ClN4O4. The molecule has 1 saturated heterocycles. The molecule has 0 saturated carbocycles. The minimum atomic E-state index is -1.18. The van der Waals surface area contributed by atoms with Crippen LogP contribution in [0.1, 0.15) is 52.7 Å². The minimum Gasteiger partial charge on any atom is -0.340 e. The molecule has 42 heavy (non-hydrogen) atoms. The number of fused-ring (bicyclic) bond motifs is 1. The monoisotopic (exact) mass is 586 g/mol. The molecule has 2 aliphatic rings. The first-order valence-electron chi connectivity index (χ1n) is 14.3. The molecule has 0 radical (unpaired) electrons. The third-order valence-electron chi connectivity index (χ3n) is 8.23. The Bertz CT molecular complexity index is 1490. The number of aryl methyl sites for hydroxylation is 1. The van der Waals surface area contributed by atoms with Gasteiger partial charge in [-0.1, -0.05) is 78.3 Å². The number of hydrogen-bond donors (Lipinski definition) is 3. The number of carbonyl (C=O) groups excluding carboxylic acids is 4. The van der Waals surface area contributed by atoms with Gasteiger partial charge in [-0.2, -0.15) is 0 Å². The van der Waals surface area contributed by atoms with Gasteiger partial charge < -0.3 is 20.9 Å². The normalized spacial score (nSPS) is 17.6. The molecule has 9 heteroatoms. The smallest absolute Gasteiger partial charge is 0.250 e. The third-order valence-corrected chi connectivity index (χ3v) is 8.73. The van der Waals surface area contributed by atoms with E-state index in [1.165, 1.54) is 0 Å². The summed E-state index contributed by atoms with van der Waals surface area (Å²) in [7, 11) is 0. The van der Waals surface area contributed by atoms with E-state index in [0.29, 0.717) is 48.6 Å². The van der Waals surface area contributed by atoms with E-state index in [1.807, 2.05) is 49.4 Å². The molecular weight excluding hydrogens is 552 g/mol. The van der Waals surface area contributed by atoms with Crippen LogP contribution in [0.2, 0.25) is 5.02 Å². The zero-order valence-electron chi connectivity index (χ0n) is 23.6. The Labute approximate surface area is 250 Å². The number of halogens is 1. The van der Waals surface area contributed by atoms with Crippen LogP contribution in [0.25, 0.3) is 0 Å². The quantitative estimate of drug-likeness (QED) is 0.338. The maximum atomic E-state index is 14.0. The second kappa shape index (κ2) is 12.9. The zero-order valence-corrected chi connectivity index (χ0v) is 24.4. The lowest BCUT2D eigenvalue weighted by Gasteiger charge is -2.41. The van der Waals surface area contributed by atoms with Gasteiger partial charge in [0, 0.05) is 31.4 Å². The lowest BCUT2D eigenvalue weighted by Crippen LogP contribution is -2.65. The predicted octanol–water partition coefficient (Wildman–Crippen LogP) is 4.44. The summed E-state index contributed by atoms with van der Waals surface area (Å²) >= 11 is 6.46. The highest BCUT2D eigenvalue weighted by Gasteiger charge is 2.44. The fourth-order valence-corrected chi connectivity index (χ4v) is 5.89. The number of nitrogens with one attached hydrogen (secondary N) is 3. The second-order valence-corrected chi connectivity index (χ2v) is 11.4. The van der Waals surface area contributed by atoms with Crippen LogP contribution >= 0.6 is 11.6 Å². The van der Waals surface area contributed by atoms with Crippen LogP contribution in [0.5, 0.6) is 0 Å². The van der Waals surface area contributed by atoms with E-state index in [2.05, 4.69) is 16.0 Å². The van der Waals surface area contributed by atoms with E-state index in [1.54, 1.807) is 35.2 Å². The molecule has 0 aliphatic carbocycles. The summed E-state index contributed by atoms with van der Waals surface area (Å²) in [5.74, 6) is -1.13. The van der Waals surface area contributed by atoms with E-state index in [4.69, 9.17) is 11.6 Å². The summed E-state index contributed by atoms with van der Waals surface area (Å²) in [6.45, 7) is 3.21. The Morgan fingerprint density at radius 2 is 1.60 bits per heavy atom. The molecule has 8 nitrogen and oxygen atoms in total. The molecule has 3 amide bonds. The fraction of sp³-hybridized carbons (Fsp3) is 0.333. The standard InChI is InChI=1S/C33H35ClN4O4/c1-22-8-7-13-26(30(22)34)36-32(42)33(16-18-35-19-17-33)37-31(41)27-20-24-11-5-6-12-25(24)21-38(27)29(40)15-14-28(39)23-9-3-2-4-10-23/h2-13,27,35H,14-21H2,1H3,(H,36,42)(H,37,41). The summed E-state index contributed by atoms with van der Waals surface area (Å²) in [6.07, 6.45) is 1.12. The Kier molecular flexibility index (Phi) is 9.04. The topological polar surface area (TPSA) is 108 Å². The minimum absolute atomic E-state index is 0.0128. The maximum absolute atomic E-state index is 14.0. The van der Waals surface area contributed by atoms with Crippen LogP contribution in [-0.4, -0.2) is 53.1 Å². The highest BCUT2D eigenvalue weighted by atomic mass is 35.5. The van der Waals surface area contributed by atoms with Crippen molar-refractivity contribution in [1.82, 2.24) is 15.5 Å². The van der Waals surface area contributed by atoms with E-state index in [9.17, 15) is 19.2 Å². The molecule has 2 heterocycles. The maximum Gasteiger partial charge on any atom is 0.250 e. The first kappa shape index (κ1) is 29.5. The second-order valence-electron chi connectivity index (χ2n) is 11.0. The lowest BCUT2D eigenvalue weighted by molar-refractivity contribution is -0.143. The van der Waals surface area contributed by atoms with Gasteiger partial charge in [0.1, 0.15) is 11.6 Å². The van der Waals surface area contributed by atoms with Crippen molar-refractivity contribution in [2.75, 3.05) is 18.4 Å². The molecule has 3 N–H and O–H groups in total. The average molecular weight is 587 g/mol. The lowest BCUT2D eigenvalue weighted by atomic mass is 9.85. The van der Waals surface area contributed by atoms with Crippen molar-refractivity contribution in [3.8, 4) is 0 Å². The van der Waals surface area contributed by atoms with Crippen molar-refractivity contribution >= 4 is 40.8 Å². The number of benzene rings is 3. The van der Waals surface area contributed by atoms with Gasteiger partial charge in [0.05, 0.1) is 10.7 Å². The van der Waals surface area contributed by atoms with Gasteiger partial charge in [0.15, 0.2) is 5.78 Å². The molecule has 1 fully saturated rings. The SMILES string of the molecule is Cc1cccc(NC(=O)C2(NC(=O)C3Cc4ccccc4CN3C(=O)CCC(=O)c3ccccc3)CCNCC2)c1Cl. The summed E-state index contributed by atoms with van der Waals surface area (Å²) in [4.78, 5) is 55.6. The number of piperidine rings is 1. The van der Waals surface area contributed by atoms with Gasteiger partial charge in [-0.15, -0.1) is 0 Å². The highest BCUT2D eigenvalue weighted by molar-refractivity contribution is 6.34. The van der Waals surface area contributed by atoms with Gasteiger partial charge in [-0.05, 0) is 55.6 Å². The number of rotatable bonds is 8. The third kappa shape index (κ3) is 6.40. The number of nitrogens with zero attached hydrogens (tertiary/aromatic N) is 1. The molecule has 1 unspecified atom stereocenters. The van der Waals surface area contributed by atoms with E-state index < -0.39 is 11.6 Å². The van der Waals surface area contributed by atoms with Crippen LogP contribution in [0, 0.1) is 6.92 Å². The van der Waals surface area contributed by atoms with Crippen LogP contribution < -0.4 is 16.0 Å². The molecule has 2 aliphatic heterocycles. The Balaban J connectivity index is 1.36. The van der Waals surface area contributed by atoms with Gasteiger partial charge in [-0.25, -0.2) is 0 Å². The number of carbonyl (C=O) groups is 4. The molecule has 218 valence electrons. The Morgan fingerprint density at radius 3 is 2.33 bits per heavy atom. The number of anilines is 1. The van der Waals surface area contributed by atoms with Crippen molar-refractivity contribution in [2.45, 2.75) is 57.2 Å². The van der Waals surface area contributed by atoms with Gasteiger partial charge in [0.2, 0.25) is 17.7 Å². The highest BCUT2D eigenvalue weighted by Crippen LogP contribution is 2.30. The predicted molar refractivity (Wildman–Crippen MR) is 162 cm³/mol. The van der Waals surface area contributed by atoms with Gasteiger partial charge >= 0.3 is 0 Å².